The number of carbonyl (C=O) groups is 1. The van der Waals surface area contributed by atoms with E-state index in [0.29, 0.717) is 32.8 Å². The van der Waals surface area contributed by atoms with Gasteiger partial charge in [-0.3, -0.25) is 0 Å². The molecule has 2 aromatic carbocycles. The Morgan fingerprint density at radius 3 is 1.87 bits per heavy atom. The van der Waals surface area contributed by atoms with Gasteiger partial charge in [-0.2, -0.15) is 0 Å². The summed E-state index contributed by atoms with van der Waals surface area (Å²) in [7, 11) is 0. The highest BCUT2D eigenvalue weighted by Crippen LogP contribution is 2.23. The lowest BCUT2D eigenvalue weighted by Crippen LogP contribution is -2.53. The Morgan fingerprint density at radius 2 is 1.42 bits per heavy atom. The van der Waals surface area contributed by atoms with Gasteiger partial charge in [-0.1, -0.05) is 20.8 Å². The largest absolute Gasteiger partial charge is 0.493 e. The highest BCUT2D eigenvalue weighted by molar-refractivity contribution is 5.68. The first kappa shape index (κ1) is 31.2. The van der Waals surface area contributed by atoms with E-state index in [1.54, 1.807) is 4.90 Å². The molecule has 1 amide bonds. The Hall–Kier alpha value is -3.05. The van der Waals surface area contributed by atoms with Crippen molar-refractivity contribution in [2.24, 2.45) is 0 Å². The first-order chi connectivity index (χ1) is 18.2. The van der Waals surface area contributed by atoms with E-state index in [0.717, 1.165) is 43.5 Å². The molecule has 1 saturated heterocycles. The van der Waals surface area contributed by atoms with E-state index in [1.807, 2.05) is 20.8 Å². The summed E-state index contributed by atoms with van der Waals surface area (Å²) in [5, 5.41) is 11.8. The number of rotatable bonds is 10. The van der Waals surface area contributed by atoms with Gasteiger partial charge in [-0.25, -0.2) is 22.4 Å². The maximum absolute atomic E-state index is 14.0. The van der Waals surface area contributed by atoms with Crippen LogP contribution in [0.1, 0.15) is 51.2 Å². The number of ether oxygens (including phenoxy) is 3. The molecular formula is C27H36F4N2O5. The lowest BCUT2D eigenvalue weighted by Gasteiger charge is -2.34. The molecule has 1 heterocycles. The molecule has 1 fully saturated rings. The topological polar surface area (TPSA) is 80.3 Å². The molecule has 0 aromatic heterocycles. The molecule has 0 radical (unpaired) electrons. The standard InChI is InChI=1S/C17H24F2N2O3.C10H12F2O2/c1-3-7-23-13-8-15(18)14(16(19)9-13)11-24-17(22)21-6-5-20-10-12(21)4-2;1-2-3-14-7-4-9(11)8(6-13)10(12)5-7/h8-9,12,20H,3-7,10-11H2,1-2H3;4-5,13H,2-3,6H2,1H3/t12-;/m1./s1. The van der Waals surface area contributed by atoms with Crippen LogP contribution in [0.25, 0.3) is 0 Å². The van der Waals surface area contributed by atoms with Crippen molar-refractivity contribution in [2.45, 2.75) is 59.3 Å². The number of nitrogens with one attached hydrogen (secondary N) is 1. The fourth-order valence-corrected chi connectivity index (χ4v) is 3.64. The molecule has 2 aromatic rings. The fraction of sp³-hybridized carbons (Fsp3) is 0.519. The predicted octanol–water partition coefficient (Wildman–Crippen LogP) is 5.32. The maximum Gasteiger partial charge on any atom is 0.410 e. The average Bonchev–Trinajstić information content (AvgIpc) is 2.90. The maximum atomic E-state index is 14.0. The molecule has 0 bridgehead atoms. The number of aliphatic hydroxyl groups excluding tert-OH is 1. The molecule has 212 valence electrons. The summed E-state index contributed by atoms with van der Waals surface area (Å²) in [6, 6.07) is 4.41. The highest BCUT2D eigenvalue weighted by Gasteiger charge is 2.27. The van der Waals surface area contributed by atoms with Gasteiger partial charge in [0, 0.05) is 55.5 Å². The van der Waals surface area contributed by atoms with Crippen LogP contribution in [0.15, 0.2) is 24.3 Å². The summed E-state index contributed by atoms with van der Waals surface area (Å²) in [4.78, 5) is 13.8. The van der Waals surface area contributed by atoms with Crippen LogP contribution >= 0.6 is 0 Å². The third kappa shape index (κ3) is 9.05. The van der Waals surface area contributed by atoms with E-state index in [-0.39, 0.29) is 28.7 Å². The van der Waals surface area contributed by atoms with E-state index < -0.39 is 42.6 Å². The first-order valence-electron chi connectivity index (χ1n) is 12.7. The van der Waals surface area contributed by atoms with E-state index in [2.05, 4.69) is 5.32 Å². The van der Waals surface area contributed by atoms with Gasteiger partial charge < -0.3 is 29.5 Å². The second kappa shape index (κ2) is 16.0. The van der Waals surface area contributed by atoms with Gasteiger partial charge in [0.25, 0.3) is 0 Å². The molecular weight excluding hydrogens is 508 g/mol. The summed E-state index contributed by atoms with van der Waals surface area (Å²) < 4.78 is 69.6. The molecule has 0 spiro atoms. The summed E-state index contributed by atoms with van der Waals surface area (Å²) in [5.74, 6) is -2.83. The molecule has 0 unspecified atom stereocenters. The number of hydrogen-bond acceptors (Lipinski definition) is 6. The number of piperazine rings is 1. The quantitative estimate of drug-likeness (QED) is 0.394. The number of aliphatic hydroxyl groups is 1. The Morgan fingerprint density at radius 1 is 0.921 bits per heavy atom. The van der Waals surface area contributed by atoms with Crippen LogP contribution in [-0.4, -0.2) is 55.0 Å². The Kier molecular flexibility index (Phi) is 13.1. The van der Waals surface area contributed by atoms with E-state index in [1.165, 1.54) is 0 Å². The van der Waals surface area contributed by atoms with Gasteiger partial charge >= 0.3 is 6.09 Å². The molecule has 0 aliphatic carbocycles. The number of halogens is 4. The van der Waals surface area contributed by atoms with Crippen molar-refractivity contribution in [3.63, 3.8) is 0 Å². The van der Waals surface area contributed by atoms with Crippen LogP contribution in [-0.2, 0) is 18.0 Å². The molecule has 38 heavy (non-hydrogen) atoms. The van der Waals surface area contributed by atoms with Crippen LogP contribution in [0.5, 0.6) is 11.5 Å². The summed E-state index contributed by atoms with van der Waals surface area (Å²) in [6.45, 7) is 7.38. The van der Waals surface area contributed by atoms with Crippen LogP contribution in [0.3, 0.4) is 0 Å². The van der Waals surface area contributed by atoms with Gasteiger partial charge in [0.2, 0.25) is 0 Å². The van der Waals surface area contributed by atoms with Crippen molar-refractivity contribution in [1.29, 1.82) is 0 Å². The minimum atomic E-state index is -0.779. The van der Waals surface area contributed by atoms with Gasteiger partial charge in [-0.15, -0.1) is 0 Å². The van der Waals surface area contributed by atoms with Crippen LogP contribution < -0.4 is 14.8 Å². The number of hydrogen-bond donors (Lipinski definition) is 2. The van der Waals surface area contributed by atoms with Crippen molar-refractivity contribution in [3.05, 3.63) is 58.7 Å². The lowest BCUT2D eigenvalue weighted by molar-refractivity contribution is 0.0699. The second-order valence-corrected chi connectivity index (χ2v) is 8.60. The van der Waals surface area contributed by atoms with Gasteiger partial charge in [0.15, 0.2) is 0 Å². The van der Waals surface area contributed by atoms with E-state index >= 15 is 0 Å². The monoisotopic (exact) mass is 544 g/mol. The fourth-order valence-electron chi connectivity index (χ4n) is 3.64. The third-order valence-electron chi connectivity index (χ3n) is 5.73. The SMILES string of the molecule is CCCOc1cc(F)c(CO)c(F)c1.CCCOc1cc(F)c(COC(=O)N2CCNC[C@H]2CC)c(F)c1. The lowest BCUT2D eigenvalue weighted by atomic mass is 10.1. The minimum absolute atomic E-state index is 0.0331. The zero-order chi connectivity index (χ0) is 28.1. The molecule has 1 atom stereocenters. The zero-order valence-corrected chi connectivity index (χ0v) is 22.0. The van der Waals surface area contributed by atoms with Crippen molar-refractivity contribution in [1.82, 2.24) is 10.2 Å². The Labute approximate surface area is 220 Å². The normalized spacial score (nSPS) is 14.9. The minimum Gasteiger partial charge on any atom is -0.493 e. The average molecular weight is 545 g/mol. The van der Waals surface area contributed by atoms with Gasteiger partial charge in [-0.05, 0) is 19.3 Å². The molecule has 1 aliphatic rings. The van der Waals surface area contributed by atoms with Crippen molar-refractivity contribution < 1.29 is 41.7 Å². The van der Waals surface area contributed by atoms with E-state index in [9.17, 15) is 22.4 Å². The molecule has 7 nitrogen and oxygen atoms in total. The highest BCUT2D eigenvalue weighted by atomic mass is 19.1. The molecule has 0 saturated carbocycles. The molecule has 3 rings (SSSR count). The summed E-state index contributed by atoms with van der Waals surface area (Å²) >= 11 is 0. The Bertz CT molecular complexity index is 995. The summed E-state index contributed by atoms with van der Waals surface area (Å²) in [6.07, 6.45) is 1.75. The van der Waals surface area contributed by atoms with Crippen molar-refractivity contribution in [3.8, 4) is 11.5 Å². The van der Waals surface area contributed by atoms with Crippen LogP contribution in [0, 0.1) is 23.3 Å². The van der Waals surface area contributed by atoms with Crippen LogP contribution in [0.4, 0.5) is 22.4 Å². The molecule has 2 N–H and O–H groups in total. The number of carbonyl (C=O) groups excluding carboxylic acids is 1. The molecule has 11 heteroatoms. The Balaban J connectivity index is 0.000000308. The number of nitrogens with zero attached hydrogens (tertiary/aromatic N) is 1. The predicted molar refractivity (Wildman–Crippen MR) is 134 cm³/mol. The van der Waals surface area contributed by atoms with Gasteiger partial charge in [0.05, 0.1) is 25.4 Å². The van der Waals surface area contributed by atoms with Crippen molar-refractivity contribution in [2.75, 3.05) is 32.8 Å². The zero-order valence-electron chi connectivity index (χ0n) is 22.0. The second-order valence-electron chi connectivity index (χ2n) is 8.60. The van der Waals surface area contributed by atoms with Crippen molar-refractivity contribution >= 4 is 6.09 Å². The van der Waals surface area contributed by atoms with Crippen LogP contribution in [0.2, 0.25) is 0 Å². The molecule has 1 aliphatic heterocycles. The van der Waals surface area contributed by atoms with Gasteiger partial charge in [0.1, 0.15) is 41.4 Å². The third-order valence-corrected chi connectivity index (χ3v) is 5.73. The number of amides is 1. The number of benzene rings is 2. The summed E-state index contributed by atoms with van der Waals surface area (Å²) in [5.41, 5.74) is -0.593. The smallest absolute Gasteiger partial charge is 0.410 e. The first-order valence-corrected chi connectivity index (χ1v) is 12.7. The van der Waals surface area contributed by atoms with E-state index in [4.69, 9.17) is 19.3 Å².